The molecule has 0 unspecified atom stereocenters. The van der Waals surface area contributed by atoms with Crippen molar-refractivity contribution in [2.75, 3.05) is 19.2 Å². The molecule has 0 saturated carbocycles. The van der Waals surface area contributed by atoms with E-state index in [1.807, 2.05) is 11.8 Å². The predicted molar refractivity (Wildman–Crippen MR) is 83.9 cm³/mol. The zero-order chi connectivity index (χ0) is 14.8. The molecule has 2 heterocycles. The van der Waals surface area contributed by atoms with Gasteiger partial charge in [-0.1, -0.05) is 0 Å². The second-order valence-electron chi connectivity index (χ2n) is 5.07. The second kappa shape index (κ2) is 6.18. The van der Waals surface area contributed by atoms with E-state index in [0.717, 1.165) is 18.0 Å². The van der Waals surface area contributed by atoms with E-state index in [-0.39, 0.29) is 4.75 Å². The first kappa shape index (κ1) is 15.4. The van der Waals surface area contributed by atoms with Gasteiger partial charge in [0.2, 0.25) is 5.88 Å². The lowest BCUT2D eigenvalue weighted by Crippen LogP contribution is -2.24. The Kier molecular flexibility index (Phi) is 4.75. The number of alkyl halides is 1. The van der Waals surface area contributed by atoms with E-state index in [1.54, 1.807) is 7.11 Å². The molecular weight excluding hydrogens is 296 g/mol. The van der Waals surface area contributed by atoms with Gasteiger partial charge in [-0.15, -0.1) is 11.6 Å². The van der Waals surface area contributed by atoms with Crippen LogP contribution in [-0.4, -0.2) is 43.5 Å². The lowest BCUT2D eigenvalue weighted by atomic mass is 10.2. The molecule has 20 heavy (non-hydrogen) atoms. The largest absolute Gasteiger partial charge is 0.479 e. The fourth-order valence-corrected chi connectivity index (χ4v) is 2.42. The van der Waals surface area contributed by atoms with Gasteiger partial charge in [-0.3, -0.25) is 0 Å². The summed E-state index contributed by atoms with van der Waals surface area (Å²) in [4.78, 5) is 13.1. The van der Waals surface area contributed by atoms with Crippen molar-refractivity contribution in [3.05, 3.63) is 12.2 Å². The molecule has 2 aromatic rings. The van der Waals surface area contributed by atoms with E-state index in [0.29, 0.717) is 23.7 Å². The normalized spacial score (nSPS) is 12.1. The van der Waals surface area contributed by atoms with E-state index in [9.17, 15) is 0 Å². The zero-order valence-corrected chi connectivity index (χ0v) is 13.8. The molecule has 0 radical (unpaired) electrons. The van der Waals surface area contributed by atoms with Crippen LogP contribution in [0.5, 0.6) is 5.88 Å². The third-order valence-corrected chi connectivity index (χ3v) is 4.60. The smallest absolute Gasteiger partial charge is 0.245 e. The Hall–Kier alpha value is -1.01. The lowest BCUT2D eigenvalue weighted by molar-refractivity contribution is 0.401. The maximum atomic E-state index is 5.89. The van der Waals surface area contributed by atoms with Gasteiger partial charge in [0.1, 0.15) is 12.2 Å². The first-order chi connectivity index (χ1) is 9.52. The summed E-state index contributed by atoms with van der Waals surface area (Å²) in [6, 6.07) is 0. The van der Waals surface area contributed by atoms with Crippen LogP contribution < -0.4 is 4.74 Å². The van der Waals surface area contributed by atoms with Crippen LogP contribution in [0.25, 0.3) is 11.2 Å². The van der Waals surface area contributed by atoms with E-state index in [4.69, 9.17) is 16.3 Å². The number of hydrogen-bond donors (Lipinski definition) is 0. The molecule has 5 nitrogen and oxygen atoms in total. The van der Waals surface area contributed by atoms with Crippen molar-refractivity contribution in [3.8, 4) is 5.88 Å². The number of aryl methyl sites for hydroxylation is 1. The minimum Gasteiger partial charge on any atom is -0.479 e. The van der Waals surface area contributed by atoms with Gasteiger partial charge in [0, 0.05) is 23.6 Å². The topological polar surface area (TPSA) is 52.8 Å². The molecule has 0 saturated heterocycles. The zero-order valence-electron chi connectivity index (χ0n) is 12.2. The maximum absolute atomic E-state index is 5.89. The van der Waals surface area contributed by atoms with Crippen molar-refractivity contribution in [2.45, 2.75) is 31.6 Å². The molecule has 0 aromatic carbocycles. The Balaban J connectivity index is 2.57. The molecule has 0 bridgehead atoms. The average molecular weight is 315 g/mol. The third-order valence-electron chi connectivity index (χ3n) is 3.18. The summed E-state index contributed by atoms with van der Waals surface area (Å²) in [6.07, 6.45) is 4.32. The van der Waals surface area contributed by atoms with Crippen molar-refractivity contribution in [3.63, 3.8) is 0 Å². The number of hydrogen-bond acceptors (Lipinski definition) is 5. The number of ether oxygens (including phenoxy) is 1. The first-order valence-electron chi connectivity index (χ1n) is 6.37. The number of aromatic nitrogens is 4. The van der Waals surface area contributed by atoms with Gasteiger partial charge >= 0.3 is 0 Å². The van der Waals surface area contributed by atoms with Crippen LogP contribution in [0, 0.1) is 0 Å². The van der Waals surface area contributed by atoms with Crippen LogP contribution in [0.15, 0.2) is 6.33 Å². The molecule has 0 atom stereocenters. The molecule has 0 aliphatic rings. The summed E-state index contributed by atoms with van der Waals surface area (Å²) in [6.45, 7) is 5.22. The van der Waals surface area contributed by atoms with Crippen molar-refractivity contribution in [1.82, 2.24) is 19.5 Å². The fourth-order valence-electron chi connectivity index (χ4n) is 2.00. The number of halogens is 1. The van der Waals surface area contributed by atoms with Crippen molar-refractivity contribution >= 4 is 34.5 Å². The molecule has 0 aliphatic heterocycles. The van der Waals surface area contributed by atoms with E-state index in [1.165, 1.54) is 6.33 Å². The molecular formula is C13H19ClN4OS. The van der Waals surface area contributed by atoms with Gasteiger partial charge in [-0.2, -0.15) is 16.7 Å². The van der Waals surface area contributed by atoms with E-state index >= 15 is 0 Å². The molecule has 0 fully saturated rings. The third kappa shape index (κ3) is 3.01. The number of methoxy groups -OCH3 is 1. The monoisotopic (exact) mass is 314 g/mol. The van der Waals surface area contributed by atoms with Gasteiger partial charge in [0.05, 0.1) is 7.11 Å². The van der Waals surface area contributed by atoms with Crippen LogP contribution in [0.1, 0.15) is 19.7 Å². The maximum Gasteiger partial charge on any atom is 0.245 e. The van der Waals surface area contributed by atoms with Gasteiger partial charge in [-0.25, -0.2) is 9.97 Å². The Morgan fingerprint density at radius 2 is 2.15 bits per heavy atom. The Bertz CT molecular complexity index is 599. The van der Waals surface area contributed by atoms with Gasteiger partial charge in [0.15, 0.2) is 11.2 Å². The van der Waals surface area contributed by atoms with E-state index in [2.05, 4.69) is 39.6 Å². The summed E-state index contributed by atoms with van der Waals surface area (Å²) in [5, 5.41) is 0. The van der Waals surface area contributed by atoms with Gasteiger partial charge in [-0.05, 0) is 20.1 Å². The van der Waals surface area contributed by atoms with Gasteiger partial charge < -0.3 is 9.30 Å². The minimum atomic E-state index is 0.0902. The summed E-state index contributed by atoms with van der Waals surface area (Å²) < 4.78 is 7.48. The van der Waals surface area contributed by atoms with Crippen LogP contribution >= 0.6 is 23.4 Å². The second-order valence-corrected chi connectivity index (χ2v) is 6.96. The molecule has 0 spiro atoms. The predicted octanol–water partition coefficient (Wildman–Crippen LogP) is 2.76. The number of fused-ring (bicyclic) bond motifs is 1. The highest BCUT2D eigenvalue weighted by Gasteiger charge is 2.23. The SMILES string of the molecule is COc1ncnc2c1nc(CCCl)n2CC(C)(C)SC. The summed E-state index contributed by atoms with van der Waals surface area (Å²) >= 11 is 7.70. The van der Waals surface area contributed by atoms with Crippen molar-refractivity contribution in [1.29, 1.82) is 0 Å². The lowest BCUT2D eigenvalue weighted by Gasteiger charge is -2.23. The van der Waals surface area contributed by atoms with Crippen molar-refractivity contribution < 1.29 is 4.74 Å². The van der Waals surface area contributed by atoms with Crippen molar-refractivity contribution in [2.24, 2.45) is 0 Å². The highest BCUT2D eigenvalue weighted by Crippen LogP contribution is 2.28. The molecule has 110 valence electrons. The Morgan fingerprint density at radius 1 is 1.40 bits per heavy atom. The molecule has 7 heteroatoms. The van der Waals surface area contributed by atoms with Crippen LogP contribution in [0.2, 0.25) is 0 Å². The van der Waals surface area contributed by atoms with Crippen LogP contribution in [0.3, 0.4) is 0 Å². The number of nitrogens with zero attached hydrogens (tertiary/aromatic N) is 4. The Morgan fingerprint density at radius 3 is 2.75 bits per heavy atom. The average Bonchev–Trinajstić information content (AvgIpc) is 2.77. The van der Waals surface area contributed by atoms with Gasteiger partial charge in [0.25, 0.3) is 0 Å². The molecule has 0 aliphatic carbocycles. The standard InChI is InChI=1S/C13H19ClN4OS/c1-13(2,20-4)7-18-9(5-6-14)17-10-11(18)15-8-16-12(10)19-3/h8H,5-7H2,1-4H3. The number of imidazole rings is 1. The number of rotatable bonds is 6. The van der Waals surface area contributed by atoms with Crippen LogP contribution in [-0.2, 0) is 13.0 Å². The minimum absolute atomic E-state index is 0.0902. The molecule has 0 amide bonds. The molecule has 2 rings (SSSR count). The first-order valence-corrected chi connectivity index (χ1v) is 8.13. The number of thioether (sulfide) groups is 1. The quantitative estimate of drug-likeness (QED) is 0.767. The highest BCUT2D eigenvalue weighted by atomic mass is 35.5. The summed E-state index contributed by atoms with van der Waals surface area (Å²) in [5.74, 6) is 1.96. The fraction of sp³-hybridized carbons (Fsp3) is 0.615. The summed E-state index contributed by atoms with van der Waals surface area (Å²) in [7, 11) is 1.59. The highest BCUT2D eigenvalue weighted by molar-refractivity contribution is 7.99. The van der Waals surface area contributed by atoms with E-state index < -0.39 is 0 Å². The summed E-state index contributed by atoms with van der Waals surface area (Å²) in [5.41, 5.74) is 1.51. The van der Waals surface area contributed by atoms with Crippen LogP contribution in [0.4, 0.5) is 0 Å². The molecule has 0 N–H and O–H groups in total. The Labute approximate surface area is 128 Å². The molecule has 2 aromatic heterocycles.